The predicted octanol–water partition coefficient (Wildman–Crippen LogP) is 7.71. The van der Waals surface area contributed by atoms with E-state index in [0.29, 0.717) is 16.7 Å². The topological polar surface area (TPSA) is 18.5 Å². The van der Waals surface area contributed by atoms with Crippen LogP contribution in [0.4, 0.5) is 0 Å². The van der Waals surface area contributed by atoms with E-state index >= 15 is 0 Å². The number of hydrogen-bond donors (Lipinski definition) is 0. The van der Waals surface area contributed by atoms with Crippen molar-refractivity contribution in [1.29, 1.82) is 0 Å². The molecule has 0 radical (unpaired) electrons. The number of rotatable bonds is 6. The summed E-state index contributed by atoms with van der Waals surface area (Å²) in [7, 11) is 0. The van der Waals surface area contributed by atoms with Crippen molar-refractivity contribution in [2.75, 3.05) is 13.2 Å². The highest BCUT2D eigenvalue weighted by Gasteiger charge is 2.64. The van der Waals surface area contributed by atoms with Crippen molar-refractivity contribution in [3.05, 3.63) is 0 Å². The standard InChI is InChI=1S/C28H50O2/c1-19(2)10-8-9-11-20(3)23-12-13-25-22-18-28(29-16-17-30-28)21(4)26(5,6)24(22)14-15-27(23,25)7/h19-25H,8-18H2,1-7H3/t20-,21?,22?,23?,24?,25?,27?/m0/s1. The Kier molecular flexibility index (Phi) is 6.44. The van der Waals surface area contributed by atoms with E-state index in [4.69, 9.17) is 9.47 Å². The van der Waals surface area contributed by atoms with Crippen LogP contribution in [0.5, 0.6) is 0 Å². The first kappa shape index (κ1) is 23.1. The first-order valence-corrected chi connectivity index (χ1v) is 13.4. The third kappa shape index (κ3) is 3.70. The summed E-state index contributed by atoms with van der Waals surface area (Å²) in [6.45, 7) is 19.0. The summed E-state index contributed by atoms with van der Waals surface area (Å²) in [5.74, 6) is 5.33. The van der Waals surface area contributed by atoms with Crippen LogP contribution in [0.3, 0.4) is 0 Å². The van der Waals surface area contributed by atoms with Crippen LogP contribution in [0.2, 0.25) is 0 Å². The molecule has 0 aromatic heterocycles. The molecule has 6 unspecified atom stereocenters. The minimum absolute atomic E-state index is 0.301. The van der Waals surface area contributed by atoms with Crippen LogP contribution in [0.25, 0.3) is 0 Å². The Hall–Kier alpha value is -0.0800. The Morgan fingerprint density at radius 3 is 2.20 bits per heavy atom. The summed E-state index contributed by atoms with van der Waals surface area (Å²) in [6.07, 6.45) is 12.6. The van der Waals surface area contributed by atoms with E-state index in [2.05, 4.69) is 48.5 Å². The summed E-state index contributed by atoms with van der Waals surface area (Å²) in [6, 6.07) is 0. The average Bonchev–Trinajstić information content (AvgIpc) is 3.28. The first-order chi connectivity index (χ1) is 14.1. The van der Waals surface area contributed by atoms with Crippen molar-refractivity contribution in [1.82, 2.24) is 0 Å². The summed E-state index contributed by atoms with van der Waals surface area (Å²) in [4.78, 5) is 0. The first-order valence-electron chi connectivity index (χ1n) is 13.4. The minimum Gasteiger partial charge on any atom is -0.347 e. The molecular weight excluding hydrogens is 368 g/mol. The molecule has 0 bridgehead atoms. The molecule has 1 spiro atoms. The number of hydrogen-bond acceptors (Lipinski definition) is 2. The second-order valence-corrected chi connectivity index (χ2v) is 13.0. The summed E-state index contributed by atoms with van der Waals surface area (Å²) < 4.78 is 12.8. The molecule has 2 heteroatoms. The fourth-order valence-corrected chi connectivity index (χ4v) is 8.92. The smallest absolute Gasteiger partial charge is 0.171 e. The molecule has 3 aliphatic carbocycles. The maximum atomic E-state index is 6.40. The Balaban J connectivity index is 1.49. The highest BCUT2D eigenvalue weighted by atomic mass is 16.7. The van der Waals surface area contributed by atoms with E-state index in [9.17, 15) is 0 Å². The zero-order valence-corrected chi connectivity index (χ0v) is 21.1. The molecular formula is C28H50O2. The predicted molar refractivity (Wildman–Crippen MR) is 125 cm³/mol. The second kappa shape index (κ2) is 8.36. The molecule has 4 rings (SSSR count). The van der Waals surface area contributed by atoms with Crippen LogP contribution in [-0.4, -0.2) is 19.0 Å². The molecule has 1 aliphatic heterocycles. The molecule has 2 nitrogen and oxygen atoms in total. The molecule has 4 fully saturated rings. The Morgan fingerprint density at radius 2 is 1.53 bits per heavy atom. The number of fused-ring (bicyclic) bond motifs is 3. The summed E-state index contributed by atoms with van der Waals surface area (Å²) in [5.41, 5.74) is 0.838. The Morgan fingerprint density at radius 1 is 0.867 bits per heavy atom. The number of ether oxygens (including phenoxy) is 2. The second-order valence-electron chi connectivity index (χ2n) is 13.0. The van der Waals surface area contributed by atoms with Gasteiger partial charge in [0, 0.05) is 12.3 Å². The molecule has 30 heavy (non-hydrogen) atoms. The van der Waals surface area contributed by atoms with Crippen molar-refractivity contribution in [2.24, 2.45) is 52.3 Å². The van der Waals surface area contributed by atoms with Gasteiger partial charge in [-0.3, -0.25) is 0 Å². The molecule has 4 aliphatic rings. The van der Waals surface area contributed by atoms with Gasteiger partial charge >= 0.3 is 0 Å². The molecule has 7 atom stereocenters. The van der Waals surface area contributed by atoms with Crippen LogP contribution in [0, 0.1) is 52.3 Å². The quantitative estimate of drug-likeness (QED) is 0.411. The van der Waals surface area contributed by atoms with Crippen molar-refractivity contribution in [3.8, 4) is 0 Å². The van der Waals surface area contributed by atoms with Crippen LogP contribution < -0.4 is 0 Å². The SMILES string of the molecule is CC(C)CCCC[C@H](C)C1CCC2C3CC4(OCCO4)C(C)C(C)(C)C3CCC21C. The van der Waals surface area contributed by atoms with Gasteiger partial charge in [-0.25, -0.2) is 0 Å². The van der Waals surface area contributed by atoms with Gasteiger partial charge < -0.3 is 9.47 Å². The van der Waals surface area contributed by atoms with Crippen molar-refractivity contribution >= 4 is 0 Å². The van der Waals surface area contributed by atoms with E-state index in [1.165, 1.54) is 51.4 Å². The third-order valence-electron chi connectivity index (χ3n) is 10.9. The van der Waals surface area contributed by atoms with E-state index in [-0.39, 0.29) is 5.79 Å². The lowest BCUT2D eigenvalue weighted by atomic mass is 9.46. The molecule has 1 saturated heterocycles. The normalized spacial score (nSPS) is 43.0. The maximum absolute atomic E-state index is 6.40. The zero-order chi connectivity index (χ0) is 21.7. The average molecular weight is 419 g/mol. The summed E-state index contributed by atoms with van der Waals surface area (Å²) in [5, 5.41) is 0. The monoisotopic (exact) mass is 418 g/mol. The highest BCUT2D eigenvalue weighted by Crippen LogP contribution is 2.68. The van der Waals surface area contributed by atoms with Crippen LogP contribution in [0.15, 0.2) is 0 Å². The fourth-order valence-electron chi connectivity index (χ4n) is 8.92. The largest absolute Gasteiger partial charge is 0.347 e. The van der Waals surface area contributed by atoms with Crippen molar-refractivity contribution in [3.63, 3.8) is 0 Å². The van der Waals surface area contributed by atoms with Gasteiger partial charge in [0.25, 0.3) is 0 Å². The highest BCUT2D eigenvalue weighted by molar-refractivity contribution is 5.11. The van der Waals surface area contributed by atoms with Gasteiger partial charge in [0.05, 0.1) is 13.2 Å². The number of unbranched alkanes of at least 4 members (excludes halogenated alkanes) is 1. The van der Waals surface area contributed by atoms with E-state index in [1.807, 2.05) is 0 Å². The van der Waals surface area contributed by atoms with E-state index in [0.717, 1.165) is 55.1 Å². The van der Waals surface area contributed by atoms with Gasteiger partial charge in [-0.1, -0.05) is 74.1 Å². The third-order valence-corrected chi connectivity index (χ3v) is 10.9. The minimum atomic E-state index is -0.302. The van der Waals surface area contributed by atoms with Gasteiger partial charge in [-0.05, 0) is 72.0 Å². The van der Waals surface area contributed by atoms with Crippen LogP contribution in [-0.2, 0) is 9.47 Å². The lowest BCUT2D eigenvalue weighted by Crippen LogP contribution is -2.60. The summed E-state index contributed by atoms with van der Waals surface area (Å²) >= 11 is 0. The maximum Gasteiger partial charge on any atom is 0.171 e. The molecule has 0 aromatic carbocycles. The van der Waals surface area contributed by atoms with Gasteiger partial charge in [-0.15, -0.1) is 0 Å². The van der Waals surface area contributed by atoms with Gasteiger partial charge in [0.2, 0.25) is 0 Å². The van der Waals surface area contributed by atoms with Gasteiger partial charge in [0.1, 0.15) is 0 Å². The van der Waals surface area contributed by atoms with Crippen molar-refractivity contribution in [2.45, 2.75) is 112 Å². The lowest BCUT2D eigenvalue weighted by molar-refractivity contribution is -0.276. The van der Waals surface area contributed by atoms with Gasteiger partial charge in [0.15, 0.2) is 5.79 Å². The van der Waals surface area contributed by atoms with Gasteiger partial charge in [-0.2, -0.15) is 0 Å². The Bertz CT molecular complexity index is 589. The molecule has 0 aromatic rings. The Labute approximate surface area is 187 Å². The van der Waals surface area contributed by atoms with Crippen molar-refractivity contribution < 1.29 is 9.47 Å². The zero-order valence-electron chi connectivity index (χ0n) is 21.1. The van der Waals surface area contributed by atoms with E-state index in [1.54, 1.807) is 0 Å². The molecule has 174 valence electrons. The van der Waals surface area contributed by atoms with E-state index < -0.39 is 0 Å². The molecule has 1 heterocycles. The molecule has 0 amide bonds. The van der Waals surface area contributed by atoms with Crippen LogP contribution in [0.1, 0.15) is 106 Å². The van der Waals surface area contributed by atoms with Crippen LogP contribution >= 0.6 is 0 Å². The molecule has 3 saturated carbocycles. The lowest BCUT2D eigenvalue weighted by Gasteiger charge is -2.61. The molecule has 0 N–H and O–H groups in total. The fraction of sp³-hybridized carbons (Fsp3) is 1.00.